The first-order valence-corrected chi connectivity index (χ1v) is 13.9. The van der Waals surface area contributed by atoms with E-state index in [4.69, 9.17) is 4.98 Å². The minimum absolute atomic E-state index is 0.00247. The molecule has 5 rings (SSSR count). The number of likely N-dealkylation sites (tertiary alicyclic amines) is 1. The molecule has 1 saturated heterocycles. The minimum atomic E-state index is -0.250. The van der Waals surface area contributed by atoms with Gasteiger partial charge in [-0.1, -0.05) is 33.4 Å². The number of amides is 2. The van der Waals surface area contributed by atoms with Crippen molar-refractivity contribution in [3.05, 3.63) is 66.1 Å². The lowest BCUT2D eigenvalue weighted by Crippen LogP contribution is -2.37. The van der Waals surface area contributed by atoms with Gasteiger partial charge in [-0.05, 0) is 54.2 Å². The third-order valence-electron chi connectivity index (χ3n) is 6.71. The third kappa shape index (κ3) is 6.10. The number of hydrogen-bond donors (Lipinski definition) is 2. The van der Waals surface area contributed by atoms with Crippen LogP contribution >= 0.6 is 11.3 Å². The average molecular weight is 547 g/mol. The minimum Gasteiger partial charge on any atom is -0.334 e. The van der Waals surface area contributed by atoms with Crippen molar-refractivity contribution in [1.29, 1.82) is 0 Å². The van der Waals surface area contributed by atoms with Gasteiger partial charge in [-0.25, -0.2) is 14.6 Å². The summed E-state index contributed by atoms with van der Waals surface area (Å²) in [5, 5.41) is 11.5. The average Bonchev–Trinajstić information content (AvgIpc) is 3.70. The predicted octanol–water partition coefficient (Wildman–Crippen LogP) is 4.24. The van der Waals surface area contributed by atoms with Crippen molar-refractivity contribution >= 4 is 40.1 Å². The summed E-state index contributed by atoms with van der Waals surface area (Å²) >= 11 is 1.32. The van der Waals surface area contributed by atoms with Gasteiger partial charge in [0.2, 0.25) is 11.9 Å². The fraction of sp³-hybridized carbons (Fsp3) is 0.393. The van der Waals surface area contributed by atoms with Crippen LogP contribution in [0.4, 0.5) is 5.95 Å². The second-order valence-electron chi connectivity index (χ2n) is 11.0. The number of rotatable bonds is 9. The molecule has 11 heteroatoms. The summed E-state index contributed by atoms with van der Waals surface area (Å²) in [6, 6.07) is 9.81. The van der Waals surface area contributed by atoms with Crippen LogP contribution in [0, 0.1) is 5.41 Å². The highest BCUT2D eigenvalue weighted by molar-refractivity contribution is 7.16. The second kappa shape index (κ2) is 11.1. The quantitative estimate of drug-likeness (QED) is 0.304. The van der Waals surface area contributed by atoms with Crippen molar-refractivity contribution < 1.29 is 9.59 Å². The summed E-state index contributed by atoms with van der Waals surface area (Å²) < 4.78 is 3.64. The van der Waals surface area contributed by atoms with Crippen LogP contribution in [0.25, 0.3) is 16.0 Å². The summed E-state index contributed by atoms with van der Waals surface area (Å²) in [5.41, 5.74) is 3.02. The first-order valence-electron chi connectivity index (χ1n) is 13.1. The van der Waals surface area contributed by atoms with Gasteiger partial charge in [0, 0.05) is 26.2 Å². The van der Waals surface area contributed by atoms with Crippen LogP contribution in [-0.2, 0) is 17.9 Å². The van der Waals surface area contributed by atoms with Gasteiger partial charge in [0.25, 0.3) is 5.91 Å². The summed E-state index contributed by atoms with van der Waals surface area (Å²) in [5.74, 6) is 0.141. The van der Waals surface area contributed by atoms with Crippen molar-refractivity contribution in [3.63, 3.8) is 0 Å². The number of anilines is 1. The molecule has 0 radical (unpaired) electrons. The Labute approximate surface area is 231 Å². The lowest BCUT2D eigenvalue weighted by Gasteiger charge is -2.24. The summed E-state index contributed by atoms with van der Waals surface area (Å²) in [7, 11) is 0. The fourth-order valence-corrected chi connectivity index (χ4v) is 5.68. The Bertz CT molecular complexity index is 1480. The largest absolute Gasteiger partial charge is 0.334 e. The monoisotopic (exact) mass is 546 g/mol. The van der Waals surface area contributed by atoms with Gasteiger partial charge in [0.15, 0.2) is 0 Å². The Morgan fingerprint density at radius 2 is 2.08 bits per heavy atom. The van der Waals surface area contributed by atoms with E-state index in [1.165, 1.54) is 23.7 Å². The summed E-state index contributed by atoms with van der Waals surface area (Å²) in [6.07, 6.45) is 6.24. The van der Waals surface area contributed by atoms with Crippen molar-refractivity contribution in [2.45, 2.75) is 52.7 Å². The molecule has 1 fully saturated rings. The van der Waals surface area contributed by atoms with Crippen LogP contribution in [0.3, 0.4) is 0 Å². The highest BCUT2D eigenvalue weighted by atomic mass is 32.1. The zero-order valence-electron chi connectivity index (χ0n) is 22.6. The van der Waals surface area contributed by atoms with E-state index in [1.807, 2.05) is 15.5 Å². The molecule has 2 N–H and O–H groups in total. The van der Waals surface area contributed by atoms with E-state index in [1.54, 1.807) is 17.1 Å². The van der Waals surface area contributed by atoms with E-state index in [9.17, 15) is 9.59 Å². The van der Waals surface area contributed by atoms with Crippen molar-refractivity contribution in [2.75, 3.05) is 18.4 Å². The van der Waals surface area contributed by atoms with Gasteiger partial charge in [-0.15, -0.1) is 11.3 Å². The number of thiophene rings is 1. The zero-order valence-corrected chi connectivity index (χ0v) is 23.4. The lowest BCUT2D eigenvalue weighted by atomic mass is 9.97. The number of carbonyl (C=O) groups is 2. The van der Waals surface area contributed by atoms with E-state index in [0.29, 0.717) is 23.9 Å². The maximum Gasteiger partial charge on any atom is 0.268 e. The maximum absolute atomic E-state index is 13.3. The summed E-state index contributed by atoms with van der Waals surface area (Å²) in [4.78, 5) is 37.0. The number of aromatic nitrogens is 5. The molecule has 1 aliphatic heterocycles. The molecule has 4 heterocycles. The van der Waals surface area contributed by atoms with Crippen LogP contribution in [0.2, 0.25) is 0 Å². The molecule has 39 heavy (non-hydrogen) atoms. The molecule has 0 spiro atoms. The van der Waals surface area contributed by atoms with Crippen LogP contribution in [0.15, 0.2) is 55.6 Å². The number of carbonyl (C=O) groups excluding carboxylic acids is 2. The number of nitrogens with one attached hydrogen (secondary N) is 2. The first kappa shape index (κ1) is 26.8. The Morgan fingerprint density at radius 1 is 1.23 bits per heavy atom. The smallest absolute Gasteiger partial charge is 0.268 e. The van der Waals surface area contributed by atoms with Gasteiger partial charge >= 0.3 is 0 Å². The first-order chi connectivity index (χ1) is 18.7. The van der Waals surface area contributed by atoms with Gasteiger partial charge in [-0.3, -0.25) is 14.9 Å². The number of fused-ring (bicyclic) bond motifs is 1. The lowest BCUT2D eigenvalue weighted by molar-refractivity contribution is -0.126. The topological polar surface area (TPSA) is 110 Å². The molecular formula is C28H34N8O2S. The molecule has 1 atom stereocenters. The van der Waals surface area contributed by atoms with Crippen LogP contribution < -0.4 is 10.6 Å². The van der Waals surface area contributed by atoms with Gasteiger partial charge in [0.05, 0.1) is 22.0 Å². The molecule has 1 aromatic carbocycles. The second-order valence-corrected chi connectivity index (χ2v) is 12.1. The highest BCUT2D eigenvalue weighted by Gasteiger charge is 2.29. The van der Waals surface area contributed by atoms with E-state index in [-0.39, 0.29) is 23.3 Å². The van der Waals surface area contributed by atoms with E-state index >= 15 is 0 Å². The van der Waals surface area contributed by atoms with Crippen LogP contribution in [0.5, 0.6) is 0 Å². The van der Waals surface area contributed by atoms with Gasteiger partial charge in [-0.2, -0.15) is 5.10 Å². The molecular weight excluding hydrogens is 512 g/mol. The van der Waals surface area contributed by atoms with Crippen LogP contribution in [-0.4, -0.2) is 60.2 Å². The number of hydrogen-bond acceptors (Lipinski definition) is 7. The standard InChI is InChI=1S/C28H34N8O2S/c1-5-24(37)34-12-6-7-20(34)15-35-22-9-8-19(14-29-16-28(2,3)4)13-21(22)32-27(35)33-26(38)23-10-11-25(39-23)36-18-30-17-31-36/h5,8-11,13,17-18,20,29H,1,6-7,12,14-16H2,2-4H3,(H,32,33,38)/t20-/m1/s1. The molecule has 10 nitrogen and oxygen atoms in total. The zero-order chi connectivity index (χ0) is 27.6. The SMILES string of the molecule is C=CC(=O)N1CCC[C@@H]1Cn1c(NC(=O)c2ccc(-n3cncn3)s2)nc2cc(CNCC(C)(C)C)ccc21. The maximum atomic E-state index is 13.3. The van der Waals surface area contributed by atoms with Gasteiger partial charge < -0.3 is 14.8 Å². The molecule has 3 aromatic heterocycles. The van der Waals surface area contributed by atoms with E-state index in [0.717, 1.165) is 47.5 Å². The molecule has 0 aliphatic carbocycles. The normalized spacial score (nSPS) is 15.7. The molecule has 0 saturated carbocycles. The van der Waals surface area contributed by atoms with E-state index in [2.05, 4.69) is 66.3 Å². The molecule has 1 aliphatic rings. The third-order valence-corrected chi connectivity index (χ3v) is 7.78. The number of nitrogens with zero attached hydrogens (tertiary/aromatic N) is 6. The molecule has 4 aromatic rings. The highest BCUT2D eigenvalue weighted by Crippen LogP contribution is 2.28. The van der Waals surface area contributed by atoms with Gasteiger partial charge in [0.1, 0.15) is 17.7 Å². The Morgan fingerprint density at radius 3 is 2.82 bits per heavy atom. The molecule has 0 bridgehead atoms. The fourth-order valence-electron chi connectivity index (χ4n) is 4.85. The van der Waals surface area contributed by atoms with E-state index < -0.39 is 0 Å². The summed E-state index contributed by atoms with van der Waals surface area (Å²) in [6.45, 7) is 13.1. The number of imidazole rings is 1. The van der Waals surface area contributed by atoms with Crippen LogP contribution in [0.1, 0.15) is 48.8 Å². The molecule has 2 amide bonds. The Hall–Kier alpha value is -3.83. The number of benzene rings is 1. The Kier molecular flexibility index (Phi) is 7.62. The predicted molar refractivity (Wildman–Crippen MR) is 153 cm³/mol. The van der Waals surface area contributed by atoms with Crippen molar-refractivity contribution in [3.8, 4) is 5.00 Å². The van der Waals surface area contributed by atoms with Crippen molar-refractivity contribution in [2.24, 2.45) is 5.41 Å². The Balaban J connectivity index is 1.43. The molecule has 0 unspecified atom stereocenters. The van der Waals surface area contributed by atoms with Crippen molar-refractivity contribution in [1.82, 2.24) is 34.5 Å². The molecule has 204 valence electrons.